The van der Waals surface area contributed by atoms with Crippen LogP contribution in [-0.4, -0.2) is 23.0 Å². The van der Waals surface area contributed by atoms with E-state index in [-0.39, 0.29) is 11.7 Å². The molecule has 1 heterocycles. The SMILES string of the molecule is CC(C)Oc1ccc2[nH]cc(C(=O)CC(F)(F)F)c2c1. The second-order valence-corrected chi connectivity index (χ2v) is 4.79. The number of halogens is 3. The Labute approximate surface area is 113 Å². The number of H-pyrrole nitrogens is 1. The first-order chi connectivity index (χ1) is 9.26. The quantitative estimate of drug-likeness (QED) is 0.860. The van der Waals surface area contributed by atoms with Crippen LogP contribution < -0.4 is 4.74 Å². The van der Waals surface area contributed by atoms with Crippen LogP contribution in [0.4, 0.5) is 13.2 Å². The van der Waals surface area contributed by atoms with Crippen molar-refractivity contribution in [2.24, 2.45) is 0 Å². The first-order valence-corrected chi connectivity index (χ1v) is 6.14. The van der Waals surface area contributed by atoms with Crippen molar-refractivity contribution in [2.45, 2.75) is 32.5 Å². The molecule has 0 atom stereocenters. The van der Waals surface area contributed by atoms with Crippen molar-refractivity contribution in [1.82, 2.24) is 4.98 Å². The lowest BCUT2D eigenvalue weighted by atomic mass is 10.1. The first kappa shape index (κ1) is 14.4. The molecule has 0 amide bonds. The average molecular weight is 285 g/mol. The summed E-state index contributed by atoms with van der Waals surface area (Å²) in [6.07, 6.45) is -4.72. The van der Waals surface area contributed by atoms with E-state index in [4.69, 9.17) is 4.74 Å². The minimum atomic E-state index is -4.51. The lowest BCUT2D eigenvalue weighted by Gasteiger charge is -2.10. The fourth-order valence-corrected chi connectivity index (χ4v) is 1.95. The van der Waals surface area contributed by atoms with Crippen LogP contribution in [0.3, 0.4) is 0 Å². The van der Waals surface area contributed by atoms with Crippen molar-refractivity contribution in [2.75, 3.05) is 0 Å². The molecule has 0 bridgehead atoms. The average Bonchev–Trinajstić information content (AvgIpc) is 2.68. The molecule has 0 aliphatic rings. The number of ketones is 1. The number of carbonyl (C=O) groups excluding carboxylic acids is 1. The highest BCUT2D eigenvalue weighted by Gasteiger charge is 2.32. The highest BCUT2D eigenvalue weighted by Crippen LogP contribution is 2.28. The molecule has 1 aromatic heterocycles. The molecule has 0 saturated heterocycles. The summed E-state index contributed by atoms with van der Waals surface area (Å²) < 4.78 is 42.4. The summed E-state index contributed by atoms with van der Waals surface area (Å²) in [5.74, 6) is -0.432. The summed E-state index contributed by atoms with van der Waals surface area (Å²) in [6, 6.07) is 4.96. The van der Waals surface area contributed by atoms with Gasteiger partial charge in [-0.05, 0) is 32.0 Å². The predicted octanol–water partition coefficient (Wildman–Crippen LogP) is 4.09. The van der Waals surface area contributed by atoms with Crippen LogP contribution in [-0.2, 0) is 0 Å². The second-order valence-electron chi connectivity index (χ2n) is 4.79. The molecule has 1 aromatic carbocycles. The van der Waals surface area contributed by atoms with Crippen LogP contribution in [0.25, 0.3) is 10.9 Å². The van der Waals surface area contributed by atoms with Gasteiger partial charge < -0.3 is 9.72 Å². The van der Waals surface area contributed by atoms with E-state index < -0.39 is 18.4 Å². The van der Waals surface area contributed by atoms with E-state index in [9.17, 15) is 18.0 Å². The van der Waals surface area contributed by atoms with Gasteiger partial charge in [0.05, 0.1) is 6.10 Å². The van der Waals surface area contributed by atoms with Crippen molar-refractivity contribution in [3.05, 3.63) is 30.0 Å². The molecule has 1 N–H and O–H groups in total. The summed E-state index contributed by atoms with van der Waals surface area (Å²) >= 11 is 0. The zero-order chi connectivity index (χ0) is 14.9. The molecule has 0 spiro atoms. The van der Waals surface area contributed by atoms with Crippen LogP contribution in [0.2, 0.25) is 0 Å². The van der Waals surface area contributed by atoms with E-state index in [1.54, 1.807) is 18.2 Å². The Hall–Kier alpha value is -1.98. The number of hydrogen-bond donors (Lipinski definition) is 1. The Morgan fingerprint density at radius 1 is 1.35 bits per heavy atom. The molecular formula is C14H14F3NO2. The second kappa shape index (κ2) is 5.19. The number of fused-ring (bicyclic) bond motifs is 1. The smallest absolute Gasteiger partial charge is 0.396 e. The monoisotopic (exact) mass is 285 g/mol. The number of carbonyl (C=O) groups is 1. The molecule has 0 aliphatic carbocycles. The minimum absolute atomic E-state index is 0.0338. The van der Waals surface area contributed by atoms with Gasteiger partial charge in [0.2, 0.25) is 0 Å². The Bertz CT molecular complexity index is 629. The van der Waals surface area contributed by atoms with Crippen LogP contribution in [0.5, 0.6) is 5.75 Å². The lowest BCUT2D eigenvalue weighted by Crippen LogP contribution is -2.14. The number of alkyl halides is 3. The molecular weight excluding hydrogens is 271 g/mol. The number of rotatable bonds is 4. The molecule has 0 aliphatic heterocycles. The van der Waals surface area contributed by atoms with Gasteiger partial charge in [0.25, 0.3) is 0 Å². The van der Waals surface area contributed by atoms with Crippen molar-refractivity contribution >= 4 is 16.7 Å². The number of benzene rings is 1. The van der Waals surface area contributed by atoms with Gasteiger partial charge in [-0.3, -0.25) is 4.79 Å². The Kier molecular flexibility index (Phi) is 3.74. The maximum Gasteiger partial charge on any atom is 0.396 e. The highest BCUT2D eigenvalue weighted by atomic mass is 19.4. The lowest BCUT2D eigenvalue weighted by molar-refractivity contribution is -0.125. The Morgan fingerprint density at radius 3 is 2.65 bits per heavy atom. The molecule has 0 fully saturated rings. The molecule has 2 rings (SSSR count). The van der Waals surface area contributed by atoms with Crippen LogP contribution >= 0.6 is 0 Å². The molecule has 3 nitrogen and oxygen atoms in total. The van der Waals surface area contributed by atoms with E-state index in [2.05, 4.69) is 4.98 Å². The maximum absolute atomic E-state index is 12.3. The third-order valence-corrected chi connectivity index (χ3v) is 2.69. The van der Waals surface area contributed by atoms with Gasteiger partial charge in [-0.25, -0.2) is 0 Å². The van der Waals surface area contributed by atoms with Gasteiger partial charge >= 0.3 is 6.18 Å². The van der Waals surface area contributed by atoms with Crippen LogP contribution in [0, 0.1) is 0 Å². The topological polar surface area (TPSA) is 42.1 Å². The molecule has 0 radical (unpaired) electrons. The molecule has 0 saturated carbocycles. The van der Waals surface area contributed by atoms with Gasteiger partial charge in [-0.1, -0.05) is 0 Å². The fraction of sp³-hybridized carbons (Fsp3) is 0.357. The summed E-state index contributed by atoms with van der Waals surface area (Å²) in [4.78, 5) is 14.5. The number of ether oxygens (including phenoxy) is 1. The van der Waals surface area contributed by atoms with Crippen LogP contribution in [0.1, 0.15) is 30.6 Å². The minimum Gasteiger partial charge on any atom is -0.491 e. The summed E-state index contributed by atoms with van der Waals surface area (Å²) in [6.45, 7) is 3.69. The fourth-order valence-electron chi connectivity index (χ4n) is 1.95. The van der Waals surface area contributed by atoms with Gasteiger partial charge in [0.1, 0.15) is 12.2 Å². The zero-order valence-corrected chi connectivity index (χ0v) is 11.0. The number of hydrogen-bond acceptors (Lipinski definition) is 2. The van der Waals surface area contributed by atoms with Gasteiger partial charge in [0, 0.05) is 22.7 Å². The van der Waals surface area contributed by atoms with E-state index in [0.29, 0.717) is 16.7 Å². The Balaban J connectivity index is 2.36. The van der Waals surface area contributed by atoms with Crippen molar-refractivity contribution in [3.8, 4) is 5.75 Å². The molecule has 20 heavy (non-hydrogen) atoms. The van der Waals surface area contributed by atoms with E-state index in [1.165, 1.54) is 6.20 Å². The van der Waals surface area contributed by atoms with Crippen LogP contribution in [0.15, 0.2) is 24.4 Å². The largest absolute Gasteiger partial charge is 0.491 e. The van der Waals surface area contributed by atoms with Crippen molar-refractivity contribution < 1.29 is 22.7 Å². The van der Waals surface area contributed by atoms with Gasteiger partial charge in [-0.15, -0.1) is 0 Å². The molecule has 108 valence electrons. The van der Waals surface area contributed by atoms with E-state index >= 15 is 0 Å². The van der Waals surface area contributed by atoms with Gasteiger partial charge in [-0.2, -0.15) is 13.2 Å². The highest BCUT2D eigenvalue weighted by molar-refractivity contribution is 6.08. The number of nitrogens with one attached hydrogen (secondary N) is 1. The zero-order valence-electron chi connectivity index (χ0n) is 11.0. The Morgan fingerprint density at radius 2 is 2.05 bits per heavy atom. The first-order valence-electron chi connectivity index (χ1n) is 6.14. The number of aromatic amines is 1. The maximum atomic E-state index is 12.3. The number of Topliss-reactive ketones (excluding diaryl/α,β-unsaturated/α-hetero) is 1. The molecule has 6 heteroatoms. The van der Waals surface area contributed by atoms with E-state index in [1.807, 2.05) is 13.8 Å². The van der Waals surface area contributed by atoms with Crippen molar-refractivity contribution in [1.29, 1.82) is 0 Å². The van der Waals surface area contributed by atoms with Gasteiger partial charge in [0.15, 0.2) is 5.78 Å². The van der Waals surface area contributed by atoms with Crippen molar-refractivity contribution in [3.63, 3.8) is 0 Å². The molecule has 0 unspecified atom stereocenters. The predicted molar refractivity (Wildman–Crippen MR) is 69.1 cm³/mol. The molecule has 2 aromatic rings. The summed E-state index contributed by atoms with van der Waals surface area (Å²) in [7, 11) is 0. The van der Waals surface area contributed by atoms with E-state index in [0.717, 1.165) is 0 Å². The summed E-state index contributed by atoms with van der Waals surface area (Å²) in [5, 5.41) is 0.442. The number of aromatic nitrogens is 1. The normalized spacial score (nSPS) is 12.1. The summed E-state index contributed by atoms with van der Waals surface area (Å²) in [5.41, 5.74) is 0.637. The third kappa shape index (κ3) is 3.31. The standard InChI is InChI=1S/C14H14F3NO2/c1-8(2)20-9-3-4-12-10(5-9)11(7-18-12)13(19)6-14(15,16)17/h3-5,7-8,18H,6H2,1-2H3. The third-order valence-electron chi connectivity index (χ3n) is 2.69.